The zero-order valence-electron chi connectivity index (χ0n) is 11.3. The van der Waals surface area contributed by atoms with Crippen LogP contribution < -0.4 is 4.90 Å². The number of azide groups is 1. The average Bonchev–Trinajstić information content (AvgIpc) is 2.40. The lowest BCUT2D eigenvalue weighted by Crippen LogP contribution is -2.32. The number of piperidine rings is 1. The lowest BCUT2D eigenvalue weighted by molar-refractivity contribution is 0.101. The van der Waals surface area contributed by atoms with Gasteiger partial charge in [-0.2, -0.15) is 0 Å². The van der Waals surface area contributed by atoms with Gasteiger partial charge in [0.15, 0.2) is 5.78 Å². The Kier molecular flexibility index (Phi) is 4.07. The molecule has 0 amide bonds. The Morgan fingerprint density at radius 1 is 1.42 bits per heavy atom. The van der Waals surface area contributed by atoms with Gasteiger partial charge in [0, 0.05) is 34.9 Å². The third-order valence-electron chi connectivity index (χ3n) is 3.66. The minimum atomic E-state index is -0.0744. The maximum Gasteiger partial charge on any atom is 0.160 e. The van der Waals surface area contributed by atoms with Gasteiger partial charge in [-0.25, -0.2) is 0 Å². The second-order valence-electron chi connectivity index (χ2n) is 5.12. The van der Waals surface area contributed by atoms with E-state index in [9.17, 15) is 4.79 Å². The first-order valence-electron chi connectivity index (χ1n) is 6.57. The Hall–Kier alpha value is -2.00. The molecule has 0 atom stereocenters. The average molecular weight is 258 g/mol. The van der Waals surface area contributed by atoms with Crippen LogP contribution in [0, 0.1) is 5.92 Å². The van der Waals surface area contributed by atoms with Gasteiger partial charge in [-0.15, -0.1) is 0 Å². The first-order valence-corrected chi connectivity index (χ1v) is 6.57. The quantitative estimate of drug-likeness (QED) is 0.355. The molecule has 0 saturated carbocycles. The fourth-order valence-electron chi connectivity index (χ4n) is 2.40. The highest BCUT2D eigenvalue weighted by Gasteiger charge is 2.17. The highest BCUT2D eigenvalue weighted by Crippen LogP contribution is 2.28. The summed E-state index contributed by atoms with van der Waals surface area (Å²) in [6, 6.07) is 5.48. The van der Waals surface area contributed by atoms with Gasteiger partial charge < -0.3 is 4.90 Å². The van der Waals surface area contributed by atoms with Crippen LogP contribution >= 0.6 is 0 Å². The molecule has 1 fully saturated rings. The topological polar surface area (TPSA) is 69.1 Å². The Morgan fingerprint density at radius 2 is 2.11 bits per heavy atom. The monoisotopic (exact) mass is 258 g/mol. The van der Waals surface area contributed by atoms with E-state index in [0.29, 0.717) is 11.3 Å². The van der Waals surface area contributed by atoms with E-state index in [1.54, 1.807) is 6.07 Å². The van der Waals surface area contributed by atoms with E-state index in [2.05, 4.69) is 21.8 Å². The zero-order valence-corrected chi connectivity index (χ0v) is 11.3. The molecule has 1 aliphatic heterocycles. The van der Waals surface area contributed by atoms with Crippen LogP contribution in [-0.4, -0.2) is 18.9 Å². The summed E-state index contributed by atoms with van der Waals surface area (Å²) in [7, 11) is 0. The van der Waals surface area contributed by atoms with Crippen LogP contribution in [0.15, 0.2) is 23.3 Å². The molecule has 0 radical (unpaired) electrons. The number of rotatable bonds is 3. The van der Waals surface area contributed by atoms with Crippen molar-refractivity contribution in [1.29, 1.82) is 0 Å². The van der Waals surface area contributed by atoms with Crippen LogP contribution in [0.1, 0.15) is 37.0 Å². The third kappa shape index (κ3) is 3.06. The number of Topliss-reactive ketones (excluding diaryl/α,β-unsaturated/α-hetero) is 1. The van der Waals surface area contributed by atoms with Gasteiger partial charge in [-0.1, -0.05) is 12.0 Å². The van der Waals surface area contributed by atoms with E-state index in [4.69, 9.17) is 5.53 Å². The van der Waals surface area contributed by atoms with E-state index in [1.807, 2.05) is 12.1 Å². The molecule has 1 heterocycles. The van der Waals surface area contributed by atoms with Gasteiger partial charge in [0.2, 0.25) is 0 Å². The van der Waals surface area contributed by atoms with Crippen LogP contribution in [0.3, 0.4) is 0 Å². The summed E-state index contributed by atoms with van der Waals surface area (Å²) in [5.74, 6) is 0.695. The smallest absolute Gasteiger partial charge is 0.160 e. The maximum atomic E-state index is 11.6. The molecule has 1 saturated heterocycles. The second kappa shape index (κ2) is 5.76. The van der Waals surface area contributed by atoms with Gasteiger partial charge in [0.05, 0.1) is 0 Å². The second-order valence-corrected chi connectivity index (χ2v) is 5.12. The molecule has 1 aromatic rings. The Labute approximate surface area is 112 Å². The number of carbonyl (C=O) groups excluding carboxylic acids is 1. The van der Waals surface area contributed by atoms with Crippen molar-refractivity contribution in [2.24, 2.45) is 11.0 Å². The number of carbonyl (C=O) groups is 1. The molecule has 19 heavy (non-hydrogen) atoms. The Balaban J connectivity index is 2.30. The third-order valence-corrected chi connectivity index (χ3v) is 3.66. The Morgan fingerprint density at radius 3 is 2.68 bits per heavy atom. The Bertz CT molecular complexity index is 526. The maximum absolute atomic E-state index is 11.6. The highest BCUT2D eigenvalue weighted by atomic mass is 16.1. The first kappa shape index (κ1) is 13.4. The molecule has 5 nitrogen and oxygen atoms in total. The number of nitrogens with zero attached hydrogens (tertiary/aromatic N) is 4. The summed E-state index contributed by atoms with van der Waals surface area (Å²) in [5, 5.41) is 3.57. The fraction of sp³-hybridized carbons (Fsp3) is 0.500. The number of hydrogen-bond acceptors (Lipinski definition) is 3. The molecule has 0 bridgehead atoms. The predicted octanol–water partition coefficient (Wildman–Crippen LogP) is 4.07. The molecular formula is C14H18N4O. The van der Waals surface area contributed by atoms with Crippen LogP contribution in [0.5, 0.6) is 0 Å². The van der Waals surface area contributed by atoms with Crippen LogP contribution in [-0.2, 0) is 0 Å². The summed E-state index contributed by atoms with van der Waals surface area (Å²) < 4.78 is 0. The van der Waals surface area contributed by atoms with Crippen molar-refractivity contribution in [2.45, 2.75) is 26.7 Å². The van der Waals surface area contributed by atoms with E-state index in [1.165, 1.54) is 19.8 Å². The SMILES string of the molecule is CC(=O)c1cc(N2CCC(C)CC2)ccc1N=[N+]=[N-]. The molecule has 0 N–H and O–H groups in total. The number of benzene rings is 1. The van der Waals surface area contributed by atoms with Crippen molar-refractivity contribution < 1.29 is 4.79 Å². The molecular weight excluding hydrogens is 240 g/mol. The number of hydrogen-bond donors (Lipinski definition) is 0. The van der Waals surface area contributed by atoms with Gasteiger partial charge >= 0.3 is 0 Å². The molecule has 2 rings (SSSR count). The first-order chi connectivity index (χ1) is 9.11. The van der Waals surface area contributed by atoms with E-state index >= 15 is 0 Å². The molecule has 100 valence electrons. The van der Waals surface area contributed by atoms with Gasteiger partial charge in [0.1, 0.15) is 0 Å². The predicted molar refractivity (Wildman–Crippen MR) is 75.9 cm³/mol. The minimum Gasteiger partial charge on any atom is -0.371 e. The van der Waals surface area contributed by atoms with Gasteiger partial charge in [-0.3, -0.25) is 4.79 Å². The van der Waals surface area contributed by atoms with Crippen molar-refractivity contribution in [3.8, 4) is 0 Å². The molecule has 1 aliphatic rings. The van der Waals surface area contributed by atoms with Crippen LogP contribution in [0.4, 0.5) is 11.4 Å². The molecule has 0 aromatic heterocycles. The summed E-state index contributed by atoms with van der Waals surface area (Å²) in [5.41, 5.74) is 10.4. The lowest BCUT2D eigenvalue weighted by atomic mass is 9.98. The normalized spacial score (nSPS) is 16.0. The van der Waals surface area contributed by atoms with Crippen molar-refractivity contribution in [2.75, 3.05) is 18.0 Å². The highest BCUT2D eigenvalue weighted by molar-refractivity contribution is 5.99. The molecule has 0 unspecified atom stereocenters. The molecule has 5 heteroatoms. The van der Waals surface area contributed by atoms with Crippen molar-refractivity contribution in [3.05, 3.63) is 34.2 Å². The molecule has 0 spiro atoms. The van der Waals surface area contributed by atoms with E-state index < -0.39 is 0 Å². The summed E-state index contributed by atoms with van der Waals surface area (Å²) in [6.45, 7) is 5.79. The van der Waals surface area contributed by atoms with Crippen LogP contribution in [0.25, 0.3) is 10.4 Å². The fourth-order valence-corrected chi connectivity index (χ4v) is 2.40. The minimum absolute atomic E-state index is 0.0744. The van der Waals surface area contributed by atoms with Gasteiger partial charge in [-0.05, 0) is 49.4 Å². The molecule has 1 aromatic carbocycles. The zero-order chi connectivity index (χ0) is 13.8. The van der Waals surface area contributed by atoms with E-state index in [-0.39, 0.29) is 5.78 Å². The van der Waals surface area contributed by atoms with Crippen molar-refractivity contribution >= 4 is 17.2 Å². The lowest BCUT2D eigenvalue weighted by Gasteiger charge is -2.32. The van der Waals surface area contributed by atoms with Crippen molar-refractivity contribution in [1.82, 2.24) is 0 Å². The summed E-state index contributed by atoms with van der Waals surface area (Å²) in [6.07, 6.45) is 2.35. The standard InChI is InChI=1S/C14H18N4O/c1-10-5-7-18(8-6-10)12-3-4-14(16-17-15)13(9-12)11(2)19/h3-4,9-10H,5-8H2,1-2H3. The van der Waals surface area contributed by atoms with Crippen molar-refractivity contribution in [3.63, 3.8) is 0 Å². The summed E-state index contributed by atoms with van der Waals surface area (Å²) in [4.78, 5) is 16.7. The number of anilines is 1. The van der Waals surface area contributed by atoms with Gasteiger partial charge in [0.25, 0.3) is 0 Å². The largest absolute Gasteiger partial charge is 0.371 e. The summed E-state index contributed by atoms with van der Waals surface area (Å²) >= 11 is 0. The van der Waals surface area contributed by atoms with E-state index in [0.717, 1.165) is 24.7 Å². The number of ketones is 1. The molecule has 0 aliphatic carbocycles. The van der Waals surface area contributed by atoms with Crippen LogP contribution in [0.2, 0.25) is 0 Å².